The second kappa shape index (κ2) is 11.8. The number of likely N-dealkylation sites (tertiary alicyclic amines) is 1. The molecule has 0 radical (unpaired) electrons. The van der Waals surface area contributed by atoms with E-state index in [-0.39, 0.29) is 0 Å². The van der Waals surface area contributed by atoms with Crippen LogP contribution in [0.15, 0.2) is 84.9 Å². The van der Waals surface area contributed by atoms with Crippen molar-refractivity contribution in [3.05, 3.63) is 102 Å². The van der Waals surface area contributed by atoms with Gasteiger partial charge < -0.3 is 14.7 Å². The van der Waals surface area contributed by atoms with Gasteiger partial charge in [0.2, 0.25) is 0 Å². The molecule has 172 valence electrons. The molecular weight excluding hydrogens is 406 g/mol. The van der Waals surface area contributed by atoms with Crippen molar-refractivity contribution in [3.63, 3.8) is 0 Å². The van der Waals surface area contributed by atoms with Gasteiger partial charge >= 0.3 is 0 Å². The van der Waals surface area contributed by atoms with Crippen LogP contribution < -0.4 is 4.74 Å². The van der Waals surface area contributed by atoms with Crippen LogP contribution in [0, 0.1) is 0 Å². The summed E-state index contributed by atoms with van der Waals surface area (Å²) >= 11 is 0. The first-order chi connectivity index (χ1) is 16.2. The van der Waals surface area contributed by atoms with Gasteiger partial charge in [0.25, 0.3) is 0 Å². The fourth-order valence-electron chi connectivity index (χ4n) is 4.69. The lowest BCUT2D eigenvalue weighted by molar-refractivity contribution is 0.0617. The number of benzene rings is 3. The fourth-order valence-corrected chi connectivity index (χ4v) is 4.69. The Morgan fingerprint density at radius 2 is 1.36 bits per heavy atom. The second-order valence-electron chi connectivity index (χ2n) is 8.79. The summed E-state index contributed by atoms with van der Waals surface area (Å²) < 4.78 is 5.93. The average Bonchev–Trinajstić information content (AvgIpc) is 2.88. The molecule has 4 rings (SSSR count). The molecule has 1 heterocycles. The zero-order chi connectivity index (χ0) is 22.9. The molecule has 3 aromatic rings. The minimum Gasteiger partial charge on any atom is -0.491 e. The first-order valence-electron chi connectivity index (χ1n) is 12.2. The molecule has 1 N–H and O–H groups in total. The number of hydrogen-bond acceptors (Lipinski definition) is 3. The molecule has 1 unspecified atom stereocenters. The summed E-state index contributed by atoms with van der Waals surface area (Å²) in [5.41, 5.74) is 6.21. The maximum Gasteiger partial charge on any atom is 0.119 e. The van der Waals surface area contributed by atoms with Gasteiger partial charge in [-0.15, -0.1) is 0 Å². The van der Waals surface area contributed by atoms with E-state index in [9.17, 15) is 5.11 Å². The third kappa shape index (κ3) is 6.34. The number of piperidine rings is 1. The van der Waals surface area contributed by atoms with Gasteiger partial charge in [-0.1, -0.05) is 86.1 Å². The first-order valence-corrected chi connectivity index (χ1v) is 12.2. The van der Waals surface area contributed by atoms with Gasteiger partial charge in [0, 0.05) is 6.54 Å². The van der Waals surface area contributed by atoms with E-state index >= 15 is 0 Å². The van der Waals surface area contributed by atoms with Crippen LogP contribution in [-0.4, -0.2) is 42.4 Å². The number of aliphatic hydroxyl groups excluding tert-OH is 1. The summed E-state index contributed by atoms with van der Waals surface area (Å²) in [5, 5.41) is 10.4. The van der Waals surface area contributed by atoms with Crippen molar-refractivity contribution in [1.29, 1.82) is 0 Å². The van der Waals surface area contributed by atoms with Gasteiger partial charge in [-0.2, -0.15) is 0 Å². The zero-order valence-corrected chi connectivity index (χ0v) is 19.6. The van der Waals surface area contributed by atoms with Crippen molar-refractivity contribution in [2.24, 2.45) is 0 Å². The molecule has 3 aromatic carbocycles. The molecule has 1 saturated heterocycles. The van der Waals surface area contributed by atoms with E-state index in [1.54, 1.807) is 0 Å². The average molecular weight is 442 g/mol. The van der Waals surface area contributed by atoms with Gasteiger partial charge in [0.15, 0.2) is 0 Å². The SMILES string of the molecule is CCC(=C(c1ccccc1)c1ccc(OCC(O)CN2CCCCC2)cc1)c1ccccc1. The van der Waals surface area contributed by atoms with E-state index in [1.165, 1.54) is 47.1 Å². The summed E-state index contributed by atoms with van der Waals surface area (Å²) in [7, 11) is 0. The fraction of sp³-hybridized carbons (Fsp3) is 0.333. The van der Waals surface area contributed by atoms with Crippen LogP contribution in [-0.2, 0) is 0 Å². The normalized spacial score (nSPS) is 16.2. The standard InChI is InChI=1S/C30H35NO2/c1-2-29(24-12-6-3-7-13-24)30(25-14-8-4-9-15-25)26-16-18-28(19-17-26)33-23-27(32)22-31-20-10-5-11-21-31/h3-4,6-9,12-19,27,32H,2,5,10-11,20-23H2,1H3. The molecule has 1 aliphatic rings. The zero-order valence-electron chi connectivity index (χ0n) is 19.6. The highest BCUT2D eigenvalue weighted by Crippen LogP contribution is 2.34. The van der Waals surface area contributed by atoms with Crippen LogP contribution in [0.2, 0.25) is 0 Å². The monoisotopic (exact) mass is 441 g/mol. The molecular formula is C30H35NO2. The Labute approximate surface area is 198 Å². The molecule has 1 atom stereocenters. The lowest BCUT2D eigenvalue weighted by atomic mass is 9.88. The Bertz CT molecular complexity index is 1010. The van der Waals surface area contributed by atoms with Gasteiger partial charge in [-0.05, 0) is 72.3 Å². The first kappa shape index (κ1) is 23.3. The molecule has 0 amide bonds. The lowest BCUT2D eigenvalue weighted by Crippen LogP contribution is -2.38. The number of β-amino-alcohol motifs (C(OH)–C–C–N with tert-alkyl or cyclic N) is 1. The van der Waals surface area contributed by atoms with E-state index in [2.05, 4.69) is 84.6 Å². The van der Waals surface area contributed by atoms with Crippen molar-refractivity contribution in [3.8, 4) is 5.75 Å². The summed E-state index contributed by atoms with van der Waals surface area (Å²) in [6, 6.07) is 29.5. The van der Waals surface area contributed by atoms with Gasteiger partial charge in [0.1, 0.15) is 18.5 Å². The summed E-state index contributed by atoms with van der Waals surface area (Å²) in [6.45, 7) is 5.40. The van der Waals surface area contributed by atoms with Crippen LogP contribution in [0.5, 0.6) is 5.75 Å². The van der Waals surface area contributed by atoms with E-state index in [4.69, 9.17) is 4.74 Å². The maximum absolute atomic E-state index is 10.4. The molecule has 0 saturated carbocycles. The largest absolute Gasteiger partial charge is 0.491 e. The van der Waals surface area contributed by atoms with Crippen LogP contribution in [0.3, 0.4) is 0 Å². The summed E-state index contributed by atoms with van der Waals surface area (Å²) in [6.07, 6.45) is 4.24. The highest BCUT2D eigenvalue weighted by molar-refractivity contribution is 5.98. The van der Waals surface area contributed by atoms with E-state index in [1.807, 2.05) is 12.1 Å². The van der Waals surface area contributed by atoms with Crippen LogP contribution in [0.1, 0.15) is 49.3 Å². The Morgan fingerprint density at radius 3 is 1.97 bits per heavy atom. The molecule has 0 aliphatic carbocycles. The minimum atomic E-state index is -0.465. The highest BCUT2D eigenvalue weighted by Gasteiger charge is 2.16. The molecule has 3 heteroatoms. The second-order valence-corrected chi connectivity index (χ2v) is 8.79. The van der Waals surface area contributed by atoms with Crippen molar-refractivity contribution in [1.82, 2.24) is 4.90 Å². The molecule has 3 nitrogen and oxygen atoms in total. The number of nitrogens with zero attached hydrogens (tertiary/aromatic N) is 1. The molecule has 33 heavy (non-hydrogen) atoms. The molecule has 0 spiro atoms. The van der Waals surface area contributed by atoms with E-state index in [0.29, 0.717) is 13.2 Å². The predicted octanol–water partition coefficient (Wildman–Crippen LogP) is 6.28. The third-order valence-electron chi connectivity index (χ3n) is 6.34. The van der Waals surface area contributed by atoms with E-state index < -0.39 is 6.10 Å². The van der Waals surface area contributed by atoms with Crippen molar-refractivity contribution < 1.29 is 9.84 Å². The van der Waals surface area contributed by atoms with Crippen LogP contribution in [0.25, 0.3) is 11.1 Å². The Morgan fingerprint density at radius 1 is 0.788 bits per heavy atom. The topological polar surface area (TPSA) is 32.7 Å². The number of ether oxygens (including phenoxy) is 1. The number of allylic oxidation sites excluding steroid dienone is 1. The van der Waals surface area contributed by atoms with Gasteiger partial charge in [-0.3, -0.25) is 0 Å². The molecule has 0 bridgehead atoms. The van der Waals surface area contributed by atoms with Gasteiger partial charge in [-0.25, -0.2) is 0 Å². The summed E-state index contributed by atoms with van der Waals surface area (Å²) in [5.74, 6) is 0.793. The Kier molecular flexibility index (Phi) is 8.35. The number of aliphatic hydroxyl groups is 1. The van der Waals surface area contributed by atoms with Crippen molar-refractivity contribution in [2.45, 2.75) is 38.7 Å². The highest BCUT2D eigenvalue weighted by atomic mass is 16.5. The third-order valence-corrected chi connectivity index (χ3v) is 6.34. The van der Waals surface area contributed by atoms with Crippen LogP contribution in [0.4, 0.5) is 0 Å². The minimum absolute atomic E-state index is 0.321. The smallest absolute Gasteiger partial charge is 0.119 e. The van der Waals surface area contributed by atoms with Gasteiger partial charge in [0.05, 0.1) is 0 Å². The molecule has 1 fully saturated rings. The quantitative estimate of drug-likeness (QED) is 0.397. The molecule has 0 aromatic heterocycles. The number of hydrogen-bond donors (Lipinski definition) is 1. The number of rotatable bonds is 9. The Hall–Kier alpha value is -2.88. The van der Waals surface area contributed by atoms with E-state index in [0.717, 1.165) is 25.3 Å². The maximum atomic E-state index is 10.4. The van der Waals surface area contributed by atoms with Crippen LogP contribution >= 0.6 is 0 Å². The summed E-state index contributed by atoms with van der Waals surface area (Å²) in [4.78, 5) is 2.34. The Balaban J connectivity index is 1.52. The predicted molar refractivity (Wildman–Crippen MR) is 137 cm³/mol. The van der Waals surface area contributed by atoms with Crippen molar-refractivity contribution >= 4 is 11.1 Å². The molecule has 1 aliphatic heterocycles. The van der Waals surface area contributed by atoms with Crippen molar-refractivity contribution in [2.75, 3.05) is 26.2 Å². The lowest BCUT2D eigenvalue weighted by Gasteiger charge is -2.28.